The van der Waals surface area contributed by atoms with Gasteiger partial charge < -0.3 is 9.84 Å². The summed E-state index contributed by atoms with van der Waals surface area (Å²) in [6, 6.07) is 15.0. The summed E-state index contributed by atoms with van der Waals surface area (Å²) >= 11 is 3.46. The molecule has 0 fully saturated rings. The number of halogens is 1. The summed E-state index contributed by atoms with van der Waals surface area (Å²) in [4.78, 5) is 23.5. The van der Waals surface area contributed by atoms with Crippen molar-refractivity contribution in [3.8, 4) is 5.75 Å². The van der Waals surface area contributed by atoms with E-state index < -0.39 is 5.97 Å². The molecule has 1 N–H and O–H groups in total. The zero-order valence-corrected chi connectivity index (χ0v) is 16.3. The lowest BCUT2D eigenvalue weighted by Crippen LogP contribution is -2.27. The smallest absolute Gasteiger partial charge is 0.303 e. The minimum absolute atomic E-state index is 0.0886. The zero-order valence-electron chi connectivity index (χ0n) is 14.8. The molecule has 1 aliphatic heterocycles. The van der Waals surface area contributed by atoms with Crippen molar-refractivity contribution in [2.45, 2.75) is 25.3 Å². The number of benzene rings is 2. The molecule has 3 rings (SSSR count). The highest BCUT2D eigenvalue weighted by Crippen LogP contribution is 2.34. The number of rotatable bonds is 6. The van der Waals surface area contributed by atoms with Gasteiger partial charge in [0, 0.05) is 22.9 Å². The van der Waals surface area contributed by atoms with Crippen LogP contribution in [-0.4, -0.2) is 34.8 Å². The first kappa shape index (κ1) is 19.1. The molecule has 0 saturated heterocycles. The van der Waals surface area contributed by atoms with Crippen molar-refractivity contribution in [1.82, 2.24) is 5.01 Å². The Hall–Kier alpha value is -2.67. The molecular weight excluding hydrogens is 412 g/mol. The fraction of sp³-hybridized carbons (Fsp3) is 0.250. The van der Waals surface area contributed by atoms with Crippen molar-refractivity contribution in [2.75, 3.05) is 7.11 Å². The molecule has 1 heterocycles. The van der Waals surface area contributed by atoms with Crippen LogP contribution in [0.25, 0.3) is 0 Å². The Morgan fingerprint density at radius 1 is 1.22 bits per heavy atom. The number of carboxylic acids is 1. The number of hydrazone groups is 1. The molecule has 0 aromatic heterocycles. The maximum absolute atomic E-state index is 12.6. The van der Waals surface area contributed by atoms with Gasteiger partial charge in [-0.05, 0) is 29.8 Å². The Bertz CT molecular complexity index is 897. The molecule has 1 aliphatic rings. The van der Waals surface area contributed by atoms with E-state index in [1.807, 2.05) is 48.5 Å². The molecule has 0 radical (unpaired) electrons. The number of ether oxygens (including phenoxy) is 1. The van der Waals surface area contributed by atoms with Gasteiger partial charge in [-0.2, -0.15) is 5.10 Å². The molecule has 1 atom stereocenters. The quantitative estimate of drug-likeness (QED) is 0.750. The van der Waals surface area contributed by atoms with Gasteiger partial charge in [-0.25, -0.2) is 5.01 Å². The van der Waals surface area contributed by atoms with Crippen LogP contribution >= 0.6 is 15.9 Å². The van der Waals surface area contributed by atoms with Crippen LogP contribution in [0.1, 0.15) is 36.4 Å². The normalized spacial score (nSPS) is 16.1. The first-order valence-corrected chi connectivity index (χ1v) is 9.28. The Labute approximate surface area is 165 Å². The van der Waals surface area contributed by atoms with Crippen molar-refractivity contribution >= 4 is 33.5 Å². The number of carbonyl (C=O) groups excluding carboxylic acids is 1. The number of carbonyl (C=O) groups is 2. The third kappa shape index (κ3) is 4.54. The van der Waals surface area contributed by atoms with Crippen LogP contribution < -0.4 is 4.74 Å². The van der Waals surface area contributed by atoms with Crippen LogP contribution in [0.2, 0.25) is 0 Å². The van der Waals surface area contributed by atoms with Crippen LogP contribution in [0, 0.1) is 0 Å². The summed E-state index contributed by atoms with van der Waals surface area (Å²) in [5, 5.41) is 14.8. The van der Waals surface area contributed by atoms with Gasteiger partial charge in [-0.3, -0.25) is 9.59 Å². The number of hydrogen-bond acceptors (Lipinski definition) is 4. The highest BCUT2D eigenvalue weighted by Gasteiger charge is 2.33. The van der Waals surface area contributed by atoms with Gasteiger partial charge in [-0.1, -0.05) is 40.2 Å². The average Bonchev–Trinajstić information content (AvgIpc) is 3.11. The van der Waals surface area contributed by atoms with E-state index in [1.54, 1.807) is 7.11 Å². The average molecular weight is 431 g/mol. The lowest BCUT2D eigenvalue weighted by Gasteiger charge is -2.22. The predicted molar refractivity (Wildman–Crippen MR) is 105 cm³/mol. The van der Waals surface area contributed by atoms with Gasteiger partial charge in [0.25, 0.3) is 0 Å². The fourth-order valence-corrected chi connectivity index (χ4v) is 3.44. The molecule has 2 aromatic carbocycles. The minimum atomic E-state index is -1.00. The maximum Gasteiger partial charge on any atom is 0.303 e. The molecule has 0 saturated carbocycles. The minimum Gasteiger partial charge on any atom is -0.497 e. The summed E-state index contributed by atoms with van der Waals surface area (Å²) in [6.07, 6.45) is 0.238. The van der Waals surface area contributed by atoms with Gasteiger partial charge >= 0.3 is 5.97 Å². The van der Waals surface area contributed by atoms with Crippen LogP contribution in [0.15, 0.2) is 58.1 Å². The topological polar surface area (TPSA) is 79.2 Å². The highest BCUT2D eigenvalue weighted by molar-refractivity contribution is 9.10. The van der Waals surface area contributed by atoms with Gasteiger partial charge in [0.15, 0.2) is 0 Å². The molecule has 6 nitrogen and oxygen atoms in total. The van der Waals surface area contributed by atoms with E-state index in [0.717, 1.165) is 21.3 Å². The molecule has 7 heteroatoms. The van der Waals surface area contributed by atoms with E-state index in [9.17, 15) is 9.59 Å². The molecule has 27 heavy (non-hydrogen) atoms. The Morgan fingerprint density at radius 3 is 2.70 bits per heavy atom. The Kier molecular flexibility index (Phi) is 5.91. The first-order valence-electron chi connectivity index (χ1n) is 8.49. The lowest BCUT2D eigenvalue weighted by molar-refractivity contribution is -0.141. The van der Waals surface area contributed by atoms with E-state index in [-0.39, 0.29) is 24.8 Å². The molecule has 0 spiro atoms. The van der Waals surface area contributed by atoms with Gasteiger partial charge in [0.2, 0.25) is 5.91 Å². The van der Waals surface area contributed by atoms with E-state index in [2.05, 4.69) is 21.0 Å². The molecule has 1 amide bonds. The van der Waals surface area contributed by atoms with E-state index >= 15 is 0 Å². The largest absolute Gasteiger partial charge is 0.497 e. The van der Waals surface area contributed by atoms with Gasteiger partial charge in [0.1, 0.15) is 5.75 Å². The standard InChI is InChI=1S/C20H19BrN2O4/c1-27-16-7-3-4-13(11-16)17-12-18(14-5-2-6-15(21)10-14)23(22-17)19(24)8-9-20(25)26/h2-7,10-11,18H,8-9,12H2,1H3,(H,25,26)/t18-/m0/s1. The van der Waals surface area contributed by atoms with E-state index in [1.165, 1.54) is 5.01 Å². The number of amides is 1. The summed E-state index contributed by atoms with van der Waals surface area (Å²) in [5.74, 6) is -0.594. The number of carboxylic acid groups (broad SMARTS) is 1. The Morgan fingerprint density at radius 2 is 2.00 bits per heavy atom. The van der Waals surface area contributed by atoms with Crippen LogP contribution in [0.4, 0.5) is 0 Å². The van der Waals surface area contributed by atoms with Crippen LogP contribution in [-0.2, 0) is 9.59 Å². The van der Waals surface area contributed by atoms with Crippen molar-refractivity contribution in [1.29, 1.82) is 0 Å². The molecule has 2 aromatic rings. The number of nitrogens with zero attached hydrogens (tertiary/aromatic N) is 2. The second-order valence-electron chi connectivity index (χ2n) is 6.19. The zero-order chi connectivity index (χ0) is 19.4. The number of hydrogen-bond donors (Lipinski definition) is 1. The molecule has 0 bridgehead atoms. The van der Waals surface area contributed by atoms with E-state index in [4.69, 9.17) is 9.84 Å². The second kappa shape index (κ2) is 8.35. The fourth-order valence-electron chi connectivity index (χ4n) is 3.02. The van der Waals surface area contributed by atoms with Crippen molar-refractivity contribution < 1.29 is 19.4 Å². The van der Waals surface area contributed by atoms with Crippen molar-refractivity contribution in [3.05, 3.63) is 64.1 Å². The summed E-state index contributed by atoms with van der Waals surface area (Å²) < 4.78 is 6.18. The van der Waals surface area contributed by atoms with Gasteiger partial charge in [0.05, 0.1) is 25.3 Å². The number of aliphatic carboxylic acids is 1. The van der Waals surface area contributed by atoms with Crippen LogP contribution in [0.5, 0.6) is 5.75 Å². The monoisotopic (exact) mass is 430 g/mol. The SMILES string of the molecule is COc1cccc(C2=NN(C(=O)CCC(=O)O)[C@H](c3cccc(Br)c3)C2)c1. The summed E-state index contributed by atoms with van der Waals surface area (Å²) in [5.41, 5.74) is 2.58. The molecule has 140 valence electrons. The molecule has 0 unspecified atom stereocenters. The third-order valence-corrected chi connectivity index (χ3v) is 4.85. The lowest BCUT2D eigenvalue weighted by atomic mass is 9.98. The molecule has 0 aliphatic carbocycles. The maximum atomic E-state index is 12.6. The first-order chi connectivity index (χ1) is 13.0. The predicted octanol–water partition coefficient (Wildman–Crippen LogP) is 4.00. The van der Waals surface area contributed by atoms with Crippen LogP contribution in [0.3, 0.4) is 0 Å². The van der Waals surface area contributed by atoms with E-state index in [0.29, 0.717) is 12.2 Å². The van der Waals surface area contributed by atoms with Crippen molar-refractivity contribution in [3.63, 3.8) is 0 Å². The van der Waals surface area contributed by atoms with Gasteiger partial charge in [-0.15, -0.1) is 0 Å². The second-order valence-corrected chi connectivity index (χ2v) is 7.10. The summed E-state index contributed by atoms with van der Waals surface area (Å²) in [6.45, 7) is 0. The number of methoxy groups -OCH3 is 1. The molecular formula is C20H19BrN2O4. The Balaban J connectivity index is 1.93. The summed E-state index contributed by atoms with van der Waals surface area (Å²) in [7, 11) is 1.60. The highest BCUT2D eigenvalue weighted by atomic mass is 79.9. The van der Waals surface area contributed by atoms with Crippen molar-refractivity contribution in [2.24, 2.45) is 5.10 Å². The third-order valence-electron chi connectivity index (χ3n) is 4.36.